The molecule has 1 aliphatic rings. The Kier molecular flexibility index (Phi) is 3.22. The molecule has 2 aromatic rings. The van der Waals surface area contributed by atoms with Crippen LogP contribution < -0.4 is 0 Å². The van der Waals surface area contributed by atoms with Gasteiger partial charge in [0.1, 0.15) is 16.5 Å². The Balaban J connectivity index is 1.97. The Morgan fingerprint density at radius 3 is 2.85 bits per heavy atom. The van der Waals surface area contributed by atoms with Crippen molar-refractivity contribution < 1.29 is 14.3 Å². The Morgan fingerprint density at radius 1 is 1.50 bits per heavy atom. The van der Waals surface area contributed by atoms with E-state index in [4.69, 9.17) is 11.6 Å². The molecule has 0 bridgehead atoms. The number of rotatable bonds is 4. The van der Waals surface area contributed by atoms with Crippen molar-refractivity contribution in [2.75, 3.05) is 0 Å². The van der Waals surface area contributed by atoms with E-state index in [9.17, 15) is 14.3 Å². The van der Waals surface area contributed by atoms with Crippen LogP contribution in [0.3, 0.4) is 0 Å². The maximum absolute atomic E-state index is 13.2. The predicted molar refractivity (Wildman–Crippen MR) is 71.7 cm³/mol. The van der Waals surface area contributed by atoms with Gasteiger partial charge in [0.2, 0.25) is 0 Å². The molecule has 1 fully saturated rings. The van der Waals surface area contributed by atoms with Crippen LogP contribution in [0.4, 0.5) is 4.39 Å². The molecule has 104 valence electrons. The summed E-state index contributed by atoms with van der Waals surface area (Å²) in [6.07, 6.45) is 1.88. The molecule has 1 aromatic carbocycles. The minimum atomic E-state index is -1.07. The summed E-state index contributed by atoms with van der Waals surface area (Å²) in [4.78, 5) is 11.3. The van der Waals surface area contributed by atoms with Gasteiger partial charge in [0.15, 0.2) is 0 Å². The molecular weight excluding hydrogens is 283 g/mol. The smallest absolute Gasteiger partial charge is 0.340 e. The van der Waals surface area contributed by atoms with E-state index in [1.165, 1.54) is 16.8 Å². The van der Waals surface area contributed by atoms with E-state index in [1.807, 2.05) is 0 Å². The van der Waals surface area contributed by atoms with Crippen LogP contribution in [0.15, 0.2) is 24.3 Å². The number of carboxylic acid groups (broad SMARTS) is 1. The first-order chi connectivity index (χ1) is 9.56. The third kappa shape index (κ3) is 2.41. The van der Waals surface area contributed by atoms with Crippen molar-refractivity contribution in [3.63, 3.8) is 0 Å². The molecule has 4 nitrogen and oxygen atoms in total. The maximum Gasteiger partial charge on any atom is 0.340 e. The van der Waals surface area contributed by atoms with Gasteiger partial charge in [-0.3, -0.25) is 0 Å². The SMILES string of the molecule is O=C(O)c1c(C2CC2)nn(Cc2cccc(F)c2)c1Cl. The highest BCUT2D eigenvalue weighted by Crippen LogP contribution is 2.42. The van der Waals surface area contributed by atoms with Crippen molar-refractivity contribution >= 4 is 17.6 Å². The third-order valence-electron chi connectivity index (χ3n) is 3.32. The van der Waals surface area contributed by atoms with E-state index in [0.717, 1.165) is 12.8 Å². The summed E-state index contributed by atoms with van der Waals surface area (Å²) in [5, 5.41) is 13.6. The monoisotopic (exact) mass is 294 g/mol. The van der Waals surface area contributed by atoms with Crippen LogP contribution in [-0.4, -0.2) is 20.9 Å². The van der Waals surface area contributed by atoms with Crippen molar-refractivity contribution in [3.05, 3.63) is 52.1 Å². The normalized spacial score (nSPS) is 14.5. The molecule has 0 radical (unpaired) electrons. The van der Waals surface area contributed by atoms with Crippen LogP contribution in [-0.2, 0) is 6.54 Å². The molecule has 0 saturated heterocycles. The average molecular weight is 295 g/mol. The van der Waals surface area contributed by atoms with Gasteiger partial charge >= 0.3 is 5.97 Å². The fraction of sp³-hybridized carbons (Fsp3) is 0.286. The third-order valence-corrected chi connectivity index (χ3v) is 3.70. The Hall–Kier alpha value is -1.88. The molecule has 0 unspecified atom stereocenters. The van der Waals surface area contributed by atoms with Crippen LogP contribution >= 0.6 is 11.6 Å². The van der Waals surface area contributed by atoms with E-state index in [2.05, 4.69) is 5.10 Å². The minimum Gasteiger partial charge on any atom is -0.478 e. The van der Waals surface area contributed by atoms with Gasteiger partial charge < -0.3 is 5.11 Å². The number of aromatic carboxylic acids is 1. The molecule has 1 aliphatic carbocycles. The summed E-state index contributed by atoms with van der Waals surface area (Å²) >= 11 is 6.11. The van der Waals surface area contributed by atoms with Gasteiger partial charge in [-0.1, -0.05) is 23.7 Å². The fourth-order valence-electron chi connectivity index (χ4n) is 2.21. The molecule has 0 atom stereocenters. The highest BCUT2D eigenvalue weighted by Gasteiger charge is 2.34. The van der Waals surface area contributed by atoms with Crippen LogP contribution in [0.25, 0.3) is 0 Å². The van der Waals surface area contributed by atoms with Crippen LogP contribution in [0.2, 0.25) is 5.15 Å². The average Bonchev–Trinajstić information content (AvgIpc) is 3.16. The Bertz CT molecular complexity index is 680. The number of halogens is 2. The highest BCUT2D eigenvalue weighted by molar-refractivity contribution is 6.32. The fourth-order valence-corrected chi connectivity index (χ4v) is 2.49. The van der Waals surface area contributed by atoms with Crippen molar-refractivity contribution in [2.45, 2.75) is 25.3 Å². The van der Waals surface area contributed by atoms with Crippen LogP contribution in [0.5, 0.6) is 0 Å². The summed E-state index contributed by atoms with van der Waals surface area (Å²) < 4.78 is 14.6. The molecule has 1 N–H and O–H groups in total. The van der Waals surface area contributed by atoms with Crippen molar-refractivity contribution in [1.29, 1.82) is 0 Å². The van der Waals surface area contributed by atoms with Crippen molar-refractivity contribution in [3.8, 4) is 0 Å². The number of carboxylic acids is 1. The molecular formula is C14H12ClFN2O2. The number of carbonyl (C=O) groups is 1. The van der Waals surface area contributed by atoms with Crippen molar-refractivity contribution in [2.24, 2.45) is 0 Å². The second kappa shape index (κ2) is 4.90. The second-order valence-electron chi connectivity index (χ2n) is 4.92. The standard InChI is InChI=1S/C14H12ClFN2O2/c15-13-11(14(19)20)12(9-4-5-9)17-18(13)7-8-2-1-3-10(16)6-8/h1-3,6,9H,4-5,7H2,(H,19,20). The Morgan fingerprint density at radius 2 is 2.25 bits per heavy atom. The first-order valence-corrected chi connectivity index (χ1v) is 6.68. The van der Waals surface area contributed by atoms with Gasteiger partial charge in [0.25, 0.3) is 0 Å². The molecule has 20 heavy (non-hydrogen) atoms. The quantitative estimate of drug-likeness (QED) is 0.941. The zero-order chi connectivity index (χ0) is 14.3. The molecule has 0 aliphatic heterocycles. The topological polar surface area (TPSA) is 55.1 Å². The van der Waals surface area contributed by atoms with Gasteiger partial charge in [-0.15, -0.1) is 0 Å². The van der Waals surface area contributed by atoms with Crippen LogP contribution in [0.1, 0.15) is 40.4 Å². The summed E-state index contributed by atoms with van der Waals surface area (Å²) in [5.74, 6) is -1.22. The van der Waals surface area contributed by atoms with Gasteiger partial charge in [-0.25, -0.2) is 13.9 Å². The molecule has 0 amide bonds. The minimum absolute atomic E-state index is 0.0746. The second-order valence-corrected chi connectivity index (χ2v) is 5.28. The lowest BCUT2D eigenvalue weighted by Crippen LogP contribution is -2.03. The molecule has 1 aromatic heterocycles. The zero-order valence-electron chi connectivity index (χ0n) is 10.5. The predicted octanol–water partition coefficient (Wildman–Crippen LogP) is 3.30. The zero-order valence-corrected chi connectivity index (χ0v) is 11.3. The molecule has 6 heteroatoms. The lowest BCUT2D eigenvalue weighted by Gasteiger charge is -2.03. The van der Waals surface area contributed by atoms with Gasteiger partial charge in [0, 0.05) is 5.92 Å². The first kappa shape index (κ1) is 13.1. The highest BCUT2D eigenvalue weighted by atomic mass is 35.5. The largest absolute Gasteiger partial charge is 0.478 e. The molecule has 3 rings (SSSR count). The molecule has 1 saturated carbocycles. The van der Waals surface area contributed by atoms with Crippen LogP contribution in [0, 0.1) is 5.82 Å². The van der Waals surface area contributed by atoms with E-state index < -0.39 is 5.97 Å². The number of hydrogen-bond donors (Lipinski definition) is 1. The van der Waals surface area contributed by atoms with Gasteiger partial charge in [-0.05, 0) is 30.5 Å². The van der Waals surface area contributed by atoms with Gasteiger partial charge in [0.05, 0.1) is 12.2 Å². The molecule has 1 heterocycles. The van der Waals surface area contributed by atoms with Crippen molar-refractivity contribution in [1.82, 2.24) is 9.78 Å². The lowest BCUT2D eigenvalue weighted by molar-refractivity contribution is 0.0695. The number of benzene rings is 1. The number of aromatic nitrogens is 2. The van der Waals surface area contributed by atoms with E-state index in [1.54, 1.807) is 12.1 Å². The van der Waals surface area contributed by atoms with E-state index in [0.29, 0.717) is 11.3 Å². The molecule has 0 spiro atoms. The number of nitrogens with zero attached hydrogens (tertiary/aromatic N) is 2. The lowest BCUT2D eigenvalue weighted by atomic mass is 10.2. The van der Waals surface area contributed by atoms with Gasteiger partial charge in [-0.2, -0.15) is 5.10 Å². The summed E-state index contributed by atoms with van der Waals surface area (Å²) in [7, 11) is 0. The summed E-state index contributed by atoms with van der Waals surface area (Å²) in [6.45, 7) is 0.254. The summed E-state index contributed by atoms with van der Waals surface area (Å²) in [6, 6.07) is 6.09. The summed E-state index contributed by atoms with van der Waals surface area (Å²) in [5.41, 5.74) is 1.30. The van der Waals surface area contributed by atoms with E-state index >= 15 is 0 Å². The number of hydrogen-bond acceptors (Lipinski definition) is 2. The van der Waals surface area contributed by atoms with E-state index in [-0.39, 0.29) is 29.0 Å². The maximum atomic E-state index is 13.2. The first-order valence-electron chi connectivity index (χ1n) is 6.30. The Labute approximate surface area is 119 Å².